The van der Waals surface area contributed by atoms with Gasteiger partial charge >= 0.3 is 0 Å². The second-order valence-corrected chi connectivity index (χ2v) is 3.98. The smallest absolute Gasteiger partial charge is 0.170 e. The molecule has 3 nitrogen and oxygen atoms in total. The highest BCUT2D eigenvalue weighted by molar-refractivity contribution is 7.80. The third kappa shape index (κ3) is 3.92. The summed E-state index contributed by atoms with van der Waals surface area (Å²) >= 11 is 5.18. The van der Waals surface area contributed by atoms with E-state index < -0.39 is 0 Å². The van der Waals surface area contributed by atoms with E-state index in [0.29, 0.717) is 5.11 Å². The molecule has 0 atom stereocenters. The molecule has 2 rings (SSSR count). The van der Waals surface area contributed by atoms with Crippen LogP contribution >= 0.6 is 12.2 Å². The summed E-state index contributed by atoms with van der Waals surface area (Å²) in [5.74, 6) is 0.958. The van der Waals surface area contributed by atoms with E-state index in [1.807, 2.05) is 42.5 Å². The molecule has 0 aliphatic carbocycles. The number of benzene rings is 1. The van der Waals surface area contributed by atoms with Gasteiger partial charge in [0, 0.05) is 18.7 Å². The van der Waals surface area contributed by atoms with Gasteiger partial charge in [-0.2, -0.15) is 0 Å². The van der Waals surface area contributed by atoms with Gasteiger partial charge in [-0.3, -0.25) is 0 Å². The SMILES string of the molecule is S=C(NCCc1ccco1)Nc1ccccc1. The Balaban J connectivity index is 1.71. The number of rotatable bonds is 4. The molecule has 4 heteroatoms. The second-order valence-electron chi connectivity index (χ2n) is 3.58. The van der Waals surface area contributed by atoms with E-state index in [2.05, 4.69) is 10.6 Å². The average molecular weight is 246 g/mol. The first kappa shape index (κ1) is 11.7. The fourth-order valence-corrected chi connectivity index (χ4v) is 1.67. The first-order valence-electron chi connectivity index (χ1n) is 5.47. The Bertz CT molecular complexity index is 454. The molecule has 17 heavy (non-hydrogen) atoms. The number of hydrogen-bond donors (Lipinski definition) is 2. The molecule has 0 aliphatic heterocycles. The summed E-state index contributed by atoms with van der Waals surface area (Å²) in [4.78, 5) is 0. The number of para-hydroxylation sites is 1. The van der Waals surface area contributed by atoms with Crippen molar-refractivity contribution >= 4 is 23.0 Å². The van der Waals surface area contributed by atoms with E-state index in [4.69, 9.17) is 16.6 Å². The Morgan fingerprint density at radius 1 is 1.12 bits per heavy atom. The highest BCUT2D eigenvalue weighted by Gasteiger charge is 1.98. The van der Waals surface area contributed by atoms with E-state index in [1.165, 1.54) is 0 Å². The normalized spacial score (nSPS) is 9.88. The lowest BCUT2D eigenvalue weighted by atomic mass is 10.3. The van der Waals surface area contributed by atoms with Crippen molar-refractivity contribution in [3.05, 3.63) is 54.5 Å². The minimum Gasteiger partial charge on any atom is -0.469 e. The molecule has 2 aromatic rings. The lowest BCUT2D eigenvalue weighted by Gasteiger charge is -2.09. The molecule has 0 radical (unpaired) electrons. The average Bonchev–Trinajstić information content (AvgIpc) is 2.83. The third-order valence-corrected chi connectivity index (χ3v) is 2.52. The molecule has 0 unspecified atom stereocenters. The van der Waals surface area contributed by atoms with Crippen LogP contribution in [0.1, 0.15) is 5.76 Å². The molecule has 0 saturated heterocycles. The number of hydrogen-bond acceptors (Lipinski definition) is 2. The van der Waals surface area contributed by atoms with Crippen molar-refractivity contribution < 1.29 is 4.42 Å². The third-order valence-electron chi connectivity index (χ3n) is 2.27. The van der Waals surface area contributed by atoms with Crippen LogP contribution in [0, 0.1) is 0 Å². The van der Waals surface area contributed by atoms with E-state index >= 15 is 0 Å². The Morgan fingerprint density at radius 3 is 2.65 bits per heavy atom. The summed E-state index contributed by atoms with van der Waals surface area (Å²) in [7, 11) is 0. The van der Waals surface area contributed by atoms with Crippen LogP contribution in [-0.4, -0.2) is 11.7 Å². The Labute approximate surface area is 106 Å². The van der Waals surface area contributed by atoms with E-state index in [-0.39, 0.29) is 0 Å². The molecule has 0 bridgehead atoms. The summed E-state index contributed by atoms with van der Waals surface area (Å²) in [6, 6.07) is 13.7. The van der Waals surface area contributed by atoms with Crippen LogP contribution in [0.15, 0.2) is 53.1 Å². The predicted molar refractivity (Wildman–Crippen MR) is 73.1 cm³/mol. The zero-order valence-corrected chi connectivity index (χ0v) is 10.2. The molecular formula is C13H14N2OS. The first-order valence-corrected chi connectivity index (χ1v) is 5.88. The van der Waals surface area contributed by atoms with Gasteiger partial charge in [-0.05, 0) is 36.5 Å². The second kappa shape index (κ2) is 6.06. The zero-order chi connectivity index (χ0) is 11.9. The molecule has 1 heterocycles. The fraction of sp³-hybridized carbons (Fsp3) is 0.154. The maximum Gasteiger partial charge on any atom is 0.170 e. The maximum atomic E-state index is 5.23. The van der Waals surface area contributed by atoms with Gasteiger partial charge in [0.2, 0.25) is 0 Å². The molecule has 2 N–H and O–H groups in total. The van der Waals surface area contributed by atoms with Crippen LogP contribution in [0.2, 0.25) is 0 Å². The van der Waals surface area contributed by atoms with E-state index in [0.717, 1.165) is 24.4 Å². The molecule has 88 valence electrons. The fourth-order valence-electron chi connectivity index (χ4n) is 1.45. The number of thiocarbonyl (C=S) groups is 1. The van der Waals surface area contributed by atoms with Crippen molar-refractivity contribution in [3.8, 4) is 0 Å². The van der Waals surface area contributed by atoms with Crippen LogP contribution in [0.25, 0.3) is 0 Å². The number of furan rings is 1. The molecule has 1 aromatic heterocycles. The van der Waals surface area contributed by atoms with Gasteiger partial charge in [-0.25, -0.2) is 0 Å². The largest absolute Gasteiger partial charge is 0.469 e. The molecule has 1 aromatic carbocycles. The summed E-state index contributed by atoms with van der Waals surface area (Å²) < 4.78 is 5.23. The maximum absolute atomic E-state index is 5.23. The summed E-state index contributed by atoms with van der Waals surface area (Å²) in [6.45, 7) is 0.756. The van der Waals surface area contributed by atoms with Crippen molar-refractivity contribution in [2.45, 2.75) is 6.42 Å². The Hall–Kier alpha value is -1.81. The predicted octanol–water partition coefficient (Wildman–Crippen LogP) is 2.81. The van der Waals surface area contributed by atoms with Crippen molar-refractivity contribution in [1.29, 1.82) is 0 Å². The van der Waals surface area contributed by atoms with Gasteiger partial charge in [0.15, 0.2) is 5.11 Å². The minimum atomic E-state index is 0.628. The standard InChI is InChI=1S/C13H14N2OS/c17-13(15-11-5-2-1-3-6-11)14-9-8-12-7-4-10-16-12/h1-7,10H,8-9H2,(H2,14,15,17). The van der Waals surface area contributed by atoms with E-state index in [1.54, 1.807) is 6.26 Å². The highest BCUT2D eigenvalue weighted by Crippen LogP contribution is 2.04. The Kier molecular flexibility index (Phi) is 4.16. The topological polar surface area (TPSA) is 37.2 Å². The van der Waals surface area contributed by atoms with Gasteiger partial charge in [-0.1, -0.05) is 18.2 Å². The van der Waals surface area contributed by atoms with Gasteiger partial charge in [0.25, 0.3) is 0 Å². The lowest BCUT2D eigenvalue weighted by molar-refractivity contribution is 0.507. The van der Waals surface area contributed by atoms with Crippen LogP contribution in [-0.2, 0) is 6.42 Å². The van der Waals surface area contributed by atoms with Crippen molar-refractivity contribution in [2.75, 3.05) is 11.9 Å². The Morgan fingerprint density at radius 2 is 1.94 bits per heavy atom. The first-order chi connectivity index (χ1) is 8.34. The van der Waals surface area contributed by atoms with Gasteiger partial charge < -0.3 is 15.1 Å². The summed E-state index contributed by atoms with van der Waals surface area (Å²) in [5, 5.41) is 6.87. The van der Waals surface area contributed by atoms with Gasteiger partial charge in [-0.15, -0.1) is 0 Å². The molecule has 0 aliphatic rings. The molecule has 0 saturated carbocycles. The quantitative estimate of drug-likeness (QED) is 0.813. The number of anilines is 1. The summed E-state index contributed by atoms with van der Waals surface area (Å²) in [5.41, 5.74) is 0.989. The zero-order valence-electron chi connectivity index (χ0n) is 9.35. The number of nitrogens with one attached hydrogen (secondary N) is 2. The van der Waals surface area contributed by atoms with E-state index in [9.17, 15) is 0 Å². The van der Waals surface area contributed by atoms with Crippen molar-refractivity contribution in [1.82, 2.24) is 5.32 Å². The van der Waals surface area contributed by atoms with Gasteiger partial charge in [0.05, 0.1) is 6.26 Å². The highest BCUT2D eigenvalue weighted by atomic mass is 32.1. The van der Waals surface area contributed by atoms with Crippen molar-refractivity contribution in [3.63, 3.8) is 0 Å². The van der Waals surface area contributed by atoms with Crippen LogP contribution in [0.5, 0.6) is 0 Å². The van der Waals surface area contributed by atoms with Crippen LogP contribution in [0.3, 0.4) is 0 Å². The molecule has 0 amide bonds. The molecule has 0 fully saturated rings. The van der Waals surface area contributed by atoms with Gasteiger partial charge in [0.1, 0.15) is 5.76 Å². The lowest BCUT2D eigenvalue weighted by Crippen LogP contribution is -2.30. The van der Waals surface area contributed by atoms with Crippen LogP contribution in [0.4, 0.5) is 5.69 Å². The molecular weight excluding hydrogens is 232 g/mol. The molecule has 0 spiro atoms. The van der Waals surface area contributed by atoms with Crippen LogP contribution < -0.4 is 10.6 Å². The minimum absolute atomic E-state index is 0.628. The monoisotopic (exact) mass is 246 g/mol. The summed E-state index contributed by atoms with van der Waals surface area (Å²) in [6.07, 6.45) is 2.50. The van der Waals surface area contributed by atoms with Crippen molar-refractivity contribution in [2.24, 2.45) is 0 Å².